The Morgan fingerprint density at radius 1 is 1.09 bits per heavy atom. The van der Waals surface area contributed by atoms with E-state index in [1.165, 1.54) is 4.90 Å². The van der Waals surface area contributed by atoms with Crippen molar-refractivity contribution in [3.8, 4) is 0 Å². The summed E-state index contributed by atoms with van der Waals surface area (Å²) >= 11 is 12.2. The number of hydrogen-bond donors (Lipinski definition) is 1. The fourth-order valence-corrected chi connectivity index (χ4v) is 3.25. The molecule has 23 heavy (non-hydrogen) atoms. The molecule has 1 amide bonds. The minimum absolute atomic E-state index is 0.257. The van der Waals surface area contributed by atoms with Gasteiger partial charge in [0.2, 0.25) is 0 Å². The SMILES string of the molecule is O=C(O)N1CCC[C@H]1N(c1ccccc1)c1ccc(Cl)c(Cl)c1. The van der Waals surface area contributed by atoms with Crippen LogP contribution in [0.3, 0.4) is 0 Å². The molecule has 0 aliphatic carbocycles. The van der Waals surface area contributed by atoms with Gasteiger partial charge < -0.3 is 10.0 Å². The van der Waals surface area contributed by atoms with Crippen molar-refractivity contribution < 1.29 is 9.90 Å². The summed E-state index contributed by atoms with van der Waals surface area (Å²) in [6, 6.07) is 15.1. The average Bonchev–Trinajstić information content (AvgIpc) is 3.02. The number of rotatable bonds is 3. The third-order valence-corrected chi connectivity index (χ3v) is 4.72. The summed E-state index contributed by atoms with van der Waals surface area (Å²) in [6.07, 6.45) is 0.434. The van der Waals surface area contributed by atoms with Crippen LogP contribution in [0.4, 0.5) is 16.2 Å². The standard InChI is InChI=1S/C17H16Cl2N2O2/c18-14-9-8-13(11-15(14)19)21(12-5-2-1-3-6-12)16-7-4-10-20(16)17(22)23/h1-3,5-6,8-9,11,16H,4,7,10H2,(H,22,23)/t16-/m1/s1. The second kappa shape index (κ2) is 6.69. The quantitative estimate of drug-likeness (QED) is 0.823. The molecule has 1 saturated heterocycles. The molecule has 1 aliphatic rings. The van der Waals surface area contributed by atoms with Gasteiger partial charge >= 0.3 is 6.09 Å². The summed E-state index contributed by atoms with van der Waals surface area (Å²) in [7, 11) is 0. The van der Waals surface area contributed by atoms with Gasteiger partial charge in [0, 0.05) is 17.9 Å². The van der Waals surface area contributed by atoms with Gasteiger partial charge in [0.15, 0.2) is 0 Å². The van der Waals surface area contributed by atoms with Crippen molar-refractivity contribution in [3.05, 3.63) is 58.6 Å². The van der Waals surface area contributed by atoms with E-state index in [1.54, 1.807) is 12.1 Å². The van der Waals surface area contributed by atoms with Crippen LogP contribution in [0.15, 0.2) is 48.5 Å². The third kappa shape index (κ3) is 3.23. The van der Waals surface area contributed by atoms with E-state index in [1.807, 2.05) is 41.3 Å². The lowest BCUT2D eigenvalue weighted by atomic mass is 10.2. The molecule has 0 aromatic heterocycles. The Labute approximate surface area is 144 Å². The first kappa shape index (κ1) is 16.0. The maximum atomic E-state index is 11.6. The van der Waals surface area contributed by atoms with Crippen LogP contribution in [-0.4, -0.2) is 28.8 Å². The van der Waals surface area contributed by atoms with Crippen LogP contribution in [0.5, 0.6) is 0 Å². The van der Waals surface area contributed by atoms with Crippen molar-refractivity contribution in [2.45, 2.75) is 19.0 Å². The molecule has 4 nitrogen and oxygen atoms in total. The minimum Gasteiger partial charge on any atom is -0.465 e. The lowest BCUT2D eigenvalue weighted by Crippen LogP contribution is -2.44. The Balaban J connectivity index is 2.07. The first-order valence-corrected chi connectivity index (χ1v) is 8.12. The van der Waals surface area contributed by atoms with Crippen molar-refractivity contribution in [3.63, 3.8) is 0 Å². The van der Waals surface area contributed by atoms with E-state index < -0.39 is 6.09 Å². The summed E-state index contributed by atoms with van der Waals surface area (Å²) in [6.45, 7) is 0.532. The number of likely N-dealkylation sites (tertiary alicyclic amines) is 1. The molecule has 6 heteroatoms. The summed E-state index contributed by atoms with van der Waals surface area (Å²) in [5.74, 6) is 0. The zero-order valence-corrected chi connectivity index (χ0v) is 13.8. The molecule has 1 aliphatic heterocycles. The zero-order valence-electron chi connectivity index (χ0n) is 12.3. The van der Waals surface area contributed by atoms with E-state index in [-0.39, 0.29) is 6.17 Å². The predicted molar refractivity (Wildman–Crippen MR) is 92.8 cm³/mol. The molecular formula is C17H16Cl2N2O2. The van der Waals surface area contributed by atoms with Crippen LogP contribution in [0.2, 0.25) is 10.0 Å². The lowest BCUT2D eigenvalue weighted by Gasteiger charge is -2.35. The average molecular weight is 351 g/mol. The second-order valence-electron chi connectivity index (χ2n) is 5.40. The lowest BCUT2D eigenvalue weighted by molar-refractivity contribution is 0.141. The minimum atomic E-state index is -0.909. The van der Waals surface area contributed by atoms with Gasteiger partial charge in [-0.2, -0.15) is 0 Å². The number of nitrogens with zero attached hydrogens (tertiary/aromatic N) is 2. The maximum Gasteiger partial charge on any atom is 0.408 e. The molecule has 1 N–H and O–H groups in total. The molecule has 3 rings (SSSR count). The van der Waals surface area contributed by atoms with Gasteiger partial charge in [0.05, 0.1) is 10.0 Å². The van der Waals surface area contributed by atoms with Crippen molar-refractivity contribution in [1.82, 2.24) is 4.90 Å². The Kier molecular flexibility index (Phi) is 4.64. The Hall–Kier alpha value is -1.91. The van der Waals surface area contributed by atoms with Gasteiger partial charge in [-0.15, -0.1) is 0 Å². The van der Waals surface area contributed by atoms with E-state index in [2.05, 4.69) is 0 Å². The highest BCUT2D eigenvalue weighted by molar-refractivity contribution is 6.42. The number of anilines is 2. The molecule has 0 unspecified atom stereocenters. The topological polar surface area (TPSA) is 43.8 Å². The van der Waals surface area contributed by atoms with E-state index >= 15 is 0 Å². The molecule has 0 spiro atoms. The number of carboxylic acid groups (broad SMARTS) is 1. The molecule has 0 radical (unpaired) electrons. The number of hydrogen-bond acceptors (Lipinski definition) is 2. The monoisotopic (exact) mass is 350 g/mol. The van der Waals surface area contributed by atoms with E-state index in [4.69, 9.17) is 23.2 Å². The number of benzene rings is 2. The van der Waals surface area contributed by atoms with Crippen LogP contribution in [0, 0.1) is 0 Å². The third-order valence-electron chi connectivity index (χ3n) is 3.98. The predicted octanol–water partition coefficient (Wildman–Crippen LogP) is 5.23. The Morgan fingerprint density at radius 3 is 2.48 bits per heavy atom. The Morgan fingerprint density at radius 2 is 1.83 bits per heavy atom. The van der Waals surface area contributed by atoms with Gasteiger partial charge in [-0.1, -0.05) is 41.4 Å². The number of para-hydroxylation sites is 1. The fourth-order valence-electron chi connectivity index (χ4n) is 2.96. The van der Waals surface area contributed by atoms with Crippen LogP contribution in [0.1, 0.15) is 12.8 Å². The smallest absolute Gasteiger partial charge is 0.408 e. The first-order valence-electron chi connectivity index (χ1n) is 7.37. The summed E-state index contributed by atoms with van der Waals surface area (Å²) < 4.78 is 0. The largest absolute Gasteiger partial charge is 0.465 e. The van der Waals surface area contributed by atoms with Crippen molar-refractivity contribution in [2.24, 2.45) is 0 Å². The highest BCUT2D eigenvalue weighted by Gasteiger charge is 2.34. The van der Waals surface area contributed by atoms with Crippen molar-refractivity contribution in [2.75, 3.05) is 11.4 Å². The van der Waals surface area contributed by atoms with Gasteiger partial charge in [-0.25, -0.2) is 4.79 Å². The van der Waals surface area contributed by atoms with Crippen molar-refractivity contribution >= 4 is 40.7 Å². The molecule has 1 fully saturated rings. The zero-order chi connectivity index (χ0) is 16.4. The molecule has 2 aromatic rings. The van der Waals surface area contributed by atoms with Crippen LogP contribution < -0.4 is 4.90 Å². The molecule has 120 valence electrons. The summed E-state index contributed by atoms with van der Waals surface area (Å²) in [5, 5.41) is 10.4. The maximum absolute atomic E-state index is 11.6. The van der Waals surface area contributed by atoms with Gasteiger partial charge in [-0.05, 0) is 43.2 Å². The molecule has 1 atom stereocenters. The van der Waals surface area contributed by atoms with Crippen LogP contribution >= 0.6 is 23.2 Å². The van der Waals surface area contributed by atoms with Crippen LogP contribution in [-0.2, 0) is 0 Å². The molecule has 2 aromatic carbocycles. The van der Waals surface area contributed by atoms with E-state index in [0.29, 0.717) is 16.6 Å². The second-order valence-corrected chi connectivity index (χ2v) is 6.22. The van der Waals surface area contributed by atoms with Gasteiger partial charge in [0.25, 0.3) is 0 Å². The Bertz CT molecular complexity index is 709. The number of amides is 1. The van der Waals surface area contributed by atoms with Gasteiger partial charge in [0.1, 0.15) is 6.17 Å². The molecule has 0 saturated carbocycles. The van der Waals surface area contributed by atoms with E-state index in [0.717, 1.165) is 24.2 Å². The number of carbonyl (C=O) groups is 1. The highest BCUT2D eigenvalue weighted by atomic mass is 35.5. The highest BCUT2D eigenvalue weighted by Crippen LogP contribution is 2.36. The molecule has 0 bridgehead atoms. The summed E-state index contributed by atoms with van der Waals surface area (Å²) in [4.78, 5) is 15.0. The summed E-state index contributed by atoms with van der Waals surface area (Å²) in [5.41, 5.74) is 1.74. The van der Waals surface area contributed by atoms with Crippen molar-refractivity contribution in [1.29, 1.82) is 0 Å². The van der Waals surface area contributed by atoms with Crippen LogP contribution in [0.25, 0.3) is 0 Å². The fraction of sp³-hybridized carbons (Fsp3) is 0.235. The first-order chi connectivity index (χ1) is 11.1. The number of halogens is 2. The normalized spacial score (nSPS) is 17.3. The van der Waals surface area contributed by atoms with Gasteiger partial charge in [-0.3, -0.25) is 4.90 Å². The van der Waals surface area contributed by atoms with E-state index in [9.17, 15) is 9.90 Å². The molecular weight excluding hydrogens is 335 g/mol. The molecule has 1 heterocycles.